The van der Waals surface area contributed by atoms with Gasteiger partial charge in [0.05, 0.1) is 0 Å². The summed E-state index contributed by atoms with van der Waals surface area (Å²) >= 11 is 0. The van der Waals surface area contributed by atoms with Gasteiger partial charge in [-0.15, -0.1) is 0 Å². The molecule has 0 fully saturated rings. The van der Waals surface area contributed by atoms with Gasteiger partial charge in [-0.3, -0.25) is 4.98 Å². The van der Waals surface area contributed by atoms with Crippen molar-refractivity contribution < 1.29 is 9.63 Å². The summed E-state index contributed by atoms with van der Waals surface area (Å²) in [6.07, 6.45) is 3.58. The van der Waals surface area contributed by atoms with Crippen LogP contribution in [0.5, 0.6) is 0 Å². The van der Waals surface area contributed by atoms with E-state index < -0.39 is 6.10 Å². The van der Waals surface area contributed by atoms with Crippen molar-refractivity contribution in [2.24, 2.45) is 0 Å². The van der Waals surface area contributed by atoms with Crippen molar-refractivity contribution in [2.45, 2.75) is 26.4 Å². The van der Waals surface area contributed by atoms with Gasteiger partial charge >= 0.3 is 0 Å². The molecule has 2 rings (SSSR count). The summed E-state index contributed by atoms with van der Waals surface area (Å²) < 4.78 is 4.95. The molecule has 1 atom stereocenters. The number of aliphatic hydroxyl groups excluding tert-OH is 1. The maximum absolute atomic E-state index is 9.30. The van der Waals surface area contributed by atoms with Crippen molar-refractivity contribution in [1.29, 1.82) is 0 Å². The molecule has 16 heavy (non-hydrogen) atoms. The molecule has 0 aliphatic heterocycles. The van der Waals surface area contributed by atoms with Crippen LogP contribution in [0.25, 0.3) is 11.4 Å². The highest BCUT2D eigenvalue weighted by Gasteiger charge is 2.14. The minimum Gasteiger partial charge on any atom is -0.384 e. The Morgan fingerprint density at radius 2 is 2.31 bits per heavy atom. The Kier molecular flexibility index (Phi) is 2.96. The van der Waals surface area contributed by atoms with Gasteiger partial charge in [0.25, 0.3) is 5.89 Å². The lowest BCUT2D eigenvalue weighted by atomic mass is 10.1. The lowest BCUT2D eigenvalue weighted by molar-refractivity contribution is 0.152. The standard InChI is InChI=1S/C11H13N3O2/c1-3-8-6-12-5-4-9(8)10-13-11(7(2)15)16-14-10/h4-7,15H,3H2,1-2H3/t7-/m0/s1. The van der Waals surface area contributed by atoms with E-state index in [-0.39, 0.29) is 5.89 Å². The van der Waals surface area contributed by atoms with E-state index in [0.29, 0.717) is 5.82 Å². The maximum atomic E-state index is 9.30. The maximum Gasteiger partial charge on any atom is 0.255 e. The first kappa shape index (κ1) is 10.8. The second-order valence-corrected chi connectivity index (χ2v) is 3.52. The Morgan fingerprint density at radius 1 is 1.50 bits per heavy atom. The van der Waals surface area contributed by atoms with E-state index in [1.807, 2.05) is 13.0 Å². The first-order valence-corrected chi connectivity index (χ1v) is 5.17. The second-order valence-electron chi connectivity index (χ2n) is 3.52. The zero-order valence-corrected chi connectivity index (χ0v) is 9.21. The number of hydrogen-bond donors (Lipinski definition) is 1. The van der Waals surface area contributed by atoms with Crippen molar-refractivity contribution in [3.05, 3.63) is 29.9 Å². The van der Waals surface area contributed by atoms with Crippen LogP contribution in [0.3, 0.4) is 0 Å². The van der Waals surface area contributed by atoms with E-state index in [9.17, 15) is 5.11 Å². The average molecular weight is 219 g/mol. The minimum atomic E-state index is -0.742. The third-order valence-corrected chi connectivity index (χ3v) is 2.32. The Balaban J connectivity index is 2.42. The number of rotatable bonds is 3. The van der Waals surface area contributed by atoms with Crippen LogP contribution in [0, 0.1) is 0 Å². The van der Waals surface area contributed by atoms with Gasteiger partial charge in [0.15, 0.2) is 0 Å². The van der Waals surface area contributed by atoms with Crippen LogP contribution in [-0.4, -0.2) is 20.2 Å². The Labute approximate surface area is 93.1 Å². The predicted molar refractivity (Wildman–Crippen MR) is 57.5 cm³/mol. The van der Waals surface area contributed by atoms with Gasteiger partial charge in [0.2, 0.25) is 5.82 Å². The van der Waals surface area contributed by atoms with Crippen LogP contribution in [0.1, 0.15) is 31.4 Å². The fourth-order valence-electron chi connectivity index (χ4n) is 1.44. The molecular weight excluding hydrogens is 206 g/mol. The van der Waals surface area contributed by atoms with E-state index in [4.69, 9.17) is 4.52 Å². The summed E-state index contributed by atoms with van der Waals surface area (Å²) in [5, 5.41) is 13.1. The number of aryl methyl sites for hydroxylation is 1. The third-order valence-electron chi connectivity index (χ3n) is 2.32. The molecule has 0 aliphatic rings. The zero-order chi connectivity index (χ0) is 11.5. The second kappa shape index (κ2) is 4.40. The van der Waals surface area contributed by atoms with E-state index in [1.54, 1.807) is 19.3 Å². The van der Waals surface area contributed by atoms with Gasteiger partial charge in [-0.05, 0) is 25.0 Å². The minimum absolute atomic E-state index is 0.230. The first-order chi connectivity index (χ1) is 7.72. The third kappa shape index (κ3) is 1.94. The van der Waals surface area contributed by atoms with E-state index >= 15 is 0 Å². The normalized spacial score (nSPS) is 12.7. The summed E-state index contributed by atoms with van der Waals surface area (Å²) in [7, 11) is 0. The molecule has 0 bridgehead atoms. The smallest absolute Gasteiger partial charge is 0.255 e. The van der Waals surface area contributed by atoms with Crippen LogP contribution in [0.2, 0.25) is 0 Å². The Hall–Kier alpha value is -1.75. The number of nitrogens with zero attached hydrogens (tertiary/aromatic N) is 3. The molecule has 5 heteroatoms. The molecule has 0 unspecified atom stereocenters. The SMILES string of the molecule is CCc1cnccc1-c1noc([C@H](C)O)n1. The molecule has 0 radical (unpaired) electrons. The van der Waals surface area contributed by atoms with Crippen molar-refractivity contribution in [3.8, 4) is 11.4 Å². The topological polar surface area (TPSA) is 72.0 Å². The number of aromatic nitrogens is 3. The van der Waals surface area contributed by atoms with E-state index in [1.165, 1.54) is 0 Å². The summed E-state index contributed by atoms with van der Waals surface area (Å²) in [6, 6.07) is 1.84. The molecule has 0 aromatic carbocycles. The molecule has 2 aromatic rings. The van der Waals surface area contributed by atoms with Crippen LogP contribution in [-0.2, 0) is 6.42 Å². The van der Waals surface area contributed by atoms with Gasteiger partial charge in [-0.1, -0.05) is 12.1 Å². The molecule has 0 aliphatic carbocycles. The van der Waals surface area contributed by atoms with Crippen LogP contribution >= 0.6 is 0 Å². The molecule has 2 aromatic heterocycles. The average Bonchev–Trinajstić information content (AvgIpc) is 2.78. The highest BCUT2D eigenvalue weighted by Crippen LogP contribution is 2.21. The molecule has 0 spiro atoms. The summed E-state index contributed by atoms with van der Waals surface area (Å²) in [5.74, 6) is 0.726. The lowest BCUT2D eigenvalue weighted by Crippen LogP contribution is -1.93. The molecule has 0 amide bonds. The number of aliphatic hydroxyl groups is 1. The fraction of sp³-hybridized carbons (Fsp3) is 0.364. The molecule has 5 nitrogen and oxygen atoms in total. The van der Waals surface area contributed by atoms with Gasteiger partial charge in [-0.2, -0.15) is 4.98 Å². The van der Waals surface area contributed by atoms with Crippen molar-refractivity contribution in [1.82, 2.24) is 15.1 Å². The first-order valence-electron chi connectivity index (χ1n) is 5.17. The van der Waals surface area contributed by atoms with Gasteiger partial charge < -0.3 is 9.63 Å². The van der Waals surface area contributed by atoms with Gasteiger partial charge in [0, 0.05) is 18.0 Å². The van der Waals surface area contributed by atoms with Crippen molar-refractivity contribution in [2.75, 3.05) is 0 Å². The molecule has 2 heterocycles. The summed E-state index contributed by atoms with van der Waals surface area (Å²) in [6.45, 7) is 3.63. The van der Waals surface area contributed by atoms with E-state index in [0.717, 1.165) is 17.5 Å². The number of pyridine rings is 1. The molecular formula is C11H13N3O2. The zero-order valence-electron chi connectivity index (χ0n) is 9.21. The highest BCUT2D eigenvalue weighted by atomic mass is 16.5. The van der Waals surface area contributed by atoms with E-state index in [2.05, 4.69) is 15.1 Å². The molecule has 0 saturated carbocycles. The number of hydrogen-bond acceptors (Lipinski definition) is 5. The van der Waals surface area contributed by atoms with Crippen LogP contribution in [0.15, 0.2) is 23.0 Å². The summed E-state index contributed by atoms with van der Waals surface area (Å²) in [5.41, 5.74) is 1.95. The van der Waals surface area contributed by atoms with Crippen LogP contribution in [0.4, 0.5) is 0 Å². The summed E-state index contributed by atoms with van der Waals surface area (Å²) in [4.78, 5) is 8.18. The van der Waals surface area contributed by atoms with Gasteiger partial charge in [-0.25, -0.2) is 0 Å². The monoisotopic (exact) mass is 219 g/mol. The molecule has 84 valence electrons. The van der Waals surface area contributed by atoms with Crippen molar-refractivity contribution in [3.63, 3.8) is 0 Å². The predicted octanol–water partition coefficient (Wildman–Crippen LogP) is 1.75. The van der Waals surface area contributed by atoms with Crippen LogP contribution < -0.4 is 0 Å². The molecule has 1 N–H and O–H groups in total. The van der Waals surface area contributed by atoms with Gasteiger partial charge in [0.1, 0.15) is 6.10 Å². The Bertz CT molecular complexity index is 480. The lowest BCUT2D eigenvalue weighted by Gasteiger charge is -2.01. The fourth-order valence-corrected chi connectivity index (χ4v) is 1.44. The molecule has 0 saturated heterocycles. The Morgan fingerprint density at radius 3 is 2.94 bits per heavy atom. The highest BCUT2D eigenvalue weighted by molar-refractivity contribution is 5.58. The quantitative estimate of drug-likeness (QED) is 0.851. The van der Waals surface area contributed by atoms with Crippen molar-refractivity contribution >= 4 is 0 Å². The largest absolute Gasteiger partial charge is 0.384 e.